The first-order valence-corrected chi connectivity index (χ1v) is 9.80. The minimum absolute atomic E-state index is 0.0298. The van der Waals surface area contributed by atoms with E-state index < -0.39 is 0 Å². The number of halogens is 1. The van der Waals surface area contributed by atoms with Crippen molar-refractivity contribution in [3.05, 3.63) is 75.4 Å². The van der Waals surface area contributed by atoms with E-state index in [9.17, 15) is 9.59 Å². The lowest BCUT2D eigenvalue weighted by molar-refractivity contribution is -0.122. The standard InChI is InChI=1S/C22H20BrNO3/c1-27-17-7-3-4-13(9-17)15-10-19-22(20(25)11-15)18(12-21(26)24-19)14-5-2-6-16(23)8-14/h2-9,15,18H,10-12H2,1H3,(H,24,26). The van der Waals surface area contributed by atoms with Crippen molar-refractivity contribution in [1.82, 2.24) is 5.32 Å². The lowest BCUT2D eigenvalue weighted by Crippen LogP contribution is -2.38. The van der Waals surface area contributed by atoms with Crippen molar-refractivity contribution in [3.8, 4) is 5.75 Å². The first-order valence-electron chi connectivity index (χ1n) is 9.00. The number of ether oxygens (including phenoxy) is 1. The number of Topliss-reactive ketones (excluding diaryl/α,β-unsaturated/α-hetero) is 1. The van der Waals surface area contributed by atoms with Gasteiger partial charge in [0.05, 0.1) is 7.11 Å². The number of carbonyl (C=O) groups excluding carboxylic acids is 2. The van der Waals surface area contributed by atoms with Gasteiger partial charge in [-0.25, -0.2) is 0 Å². The van der Waals surface area contributed by atoms with E-state index in [2.05, 4.69) is 21.2 Å². The smallest absolute Gasteiger partial charge is 0.225 e. The van der Waals surface area contributed by atoms with E-state index in [1.165, 1.54) is 0 Å². The Morgan fingerprint density at radius 1 is 1.00 bits per heavy atom. The summed E-state index contributed by atoms with van der Waals surface area (Å²) in [7, 11) is 1.63. The van der Waals surface area contributed by atoms with Gasteiger partial charge in [0.1, 0.15) is 5.75 Å². The number of hydrogen-bond donors (Lipinski definition) is 1. The highest BCUT2D eigenvalue weighted by molar-refractivity contribution is 9.10. The van der Waals surface area contributed by atoms with Gasteiger partial charge in [-0.1, -0.05) is 40.2 Å². The molecule has 0 radical (unpaired) electrons. The van der Waals surface area contributed by atoms with Gasteiger partial charge >= 0.3 is 0 Å². The maximum atomic E-state index is 13.1. The van der Waals surface area contributed by atoms with Crippen LogP contribution < -0.4 is 10.1 Å². The molecule has 0 saturated carbocycles. The average molecular weight is 426 g/mol. The number of carbonyl (C=O) groups is 2. The Bertz CT molecular complexity index is 950. The lowest BCUT2D eigenvalue weighted by atomic mass is 9.73. The number of nitrogens with one attached hydrogen (secondary N) is 1. The minimum atomic E-state index is -0.176. The zero-order chi connectivity index (χ0) is 19.0. The monoisotopic (exact) mass is 425 g/mol. The second-order valence-corrected chi connectivity index (χ2v) is 7.97. The van der Waals surface area contributed by atoms with Crippen LogP contribution >= 0.6 is 15.9 Å². The number of rotatable bonds is 3. The molecule has 2 aromatic rings. The van der Waals surface area contributed by atoms with Gasteiger partial charge in [-0.05, 0) is 47.7 Å². The second-order valence-electron chi connectivity index (χ2n) is 7.06. The van der Waals surface area contributed by atoms with Gasteiger partial charge in [-0.2, -0.15) is 0 Å². The van der Waals surface area contributed by atoms with Crippen molar-refractivity contribution in [2.24, 2.45) is 0 Å². The van der Waals surface area contributed by atoms with Gasteiger partial charge in [0, 0.05) is 34.5 Å². The van der Waals surface area contributed by atoms with Crippen molar-refractivity contribution in [2.75, 3.05) is 7.11 Å². The van der Waals surface area contributed by atoms with Crippen LogP contribution in [0, 0.1) is 0 Å². The van der Waals surface area contributed by atoms with Crippen molar-refractivity contribution in [1.29, 1.82) is 0 Å². The summed E-state index contributed by atoms with van der Waals surface area (Å²) in [4.78, 5) is 25.4. The Labute approximate surface area is 166 Å². The SMILES string of the molecule is COc1cccc(C2CC(=O)C3=C(C2)NC(=O)CC3c2cccc(Br)c2)c1. The van der Waals surface area contributed by atoms with Gasteiger partial charge in [0.15, 0.2) is 5.78 Å². The van der Waals surface area contributed by atoms with E-state index in [0.29, 0.717) is 19.3 Å². The first kappa shape index (κ1) is 18.0. The van der Waals surface area contributed by atoms with Crippen LogP contribution in [-0.4, -0.2) is 18.8 Å². The van der Waals surface area contributed by atoms with Gasteiger partial charge in [0.25, 0.3) is 0 Å². The molecule has 1 N–H and O–H groups in total. The highest BCUT2D eigenvalue weighted by Crippen LogP contribution is 2.43. The van der Waals surface area contributed by atoms with E-state index in [4.69, 9.17) is 4.74 Å². The molecular weight excluding hydrogens is 406 g/mol. The van der Waals surface area contributed by atoms with Gasteiger partial charge in [-0.3, -0.25) is 9.59 Å². The summed E-state index contributed by atoms with van der Waals surface area (Å²) >= 11 is 3.49. The van der Waals surface area contributed by atoms with Crippen LogP contribution in [0.15, 0.2) is 64.3 Å². The summed E-state index contributed by atoms with van der Waals surface area (Å²) < 4.78 is 6.26. The Balaban J connectivity index is 1.71. The average Bonchev–Trinajstić information content (AvgIpc) is 2.67. The topological polar surface area (TPSA) is 55.4 Å². The van der Waals surface area contributed by atoms with Crippen LogP contribution in [0.25, 0.3) is 0 Å². The molecule has 1 heterocycles. The van der Waals surface area contributed by atoms with E-state index in [1.54, 1.807) is 7.11 Å². The van der Waals surface area contributed by atoms with Crippen LogP contribution in [0.1, 0.15) is 42.2 Å². The van der Waals surface area contributed by atoms with Crippen LogP contribution in [0.4, 0.5) is 0 Å². The van der Waals surface area contributed by atoms with E-state index in [0.717, 1.165) is 32.6 Å². The van der Waals surface area contributed by atoms with Gasteiger partial charge < -0.3 is 10.1 Å². The van der Waals surface area contributed by atoms with Crippen molar-refractivity contribution < 1.29 is 14.3 Å². The predicted molar refractivity (Wildman–Crippen MR) is 107 cm³/mol. The number of hydrogen-bond acceptors (Lipinski definition) is 3. The third-order valence-electron chi connectivity index (χ3n) is 5.35. The zero-order valence-electron chi connectivity index (χ0n) is 15.0. The summed E-state index contributed by atoms with van der Waals surface area (Å²) in [6.07, 6.45) is 1.42. The molecule has 0 saturated heterocycles. The molecular formula is C22H20BrNO3. The quantitative estimate of drug-likeness (QED) is 0.789. The van der Waals surface area contributed by atoms with Crippen molar-refractivity contribution >= 4 is 27.6 Å². The minimum Gasteiger partial charge on any atom is -0.497 e. The maximum absolute atomic E-state index is 13.1. The Hall–Kier alpha value is -2.40. The highest BCUT2D eigenvalue weighted by atomic mass is 79.9. The third-order valence-corrected chi connectivity index (χ3v) is 5.85. The molecule has 1 aliphatic heterocycles. The Kier molecular flexibility index (Phi) is 4.87. The third kappa shape index (κ3) is 3.56. The molecule has 138 valence electrons. The van der Waals surface area contributed by atoms with Crippen LogP contribution in [0.3, 0.4) is 0 Å². The number of allylic oxidation sites excluding steroid dienone is 2. The lowest BCUT2D eigenvalue weighted by Gasteiger charge is -2.34. The van der Waals surface area contributed by atoms with E-state index >= 15 is 0 Å². The maximum Gasteiger partial charge on any atom is 0.225 e. The largest absolute Gasteiger partial charge is 0.497 e. The molecule has 0 fully saturated rings. The highest BCUT2D eigenvalue weighted by Gasteiger charge is 2.38. The molecule has 1 aliphatic carbocycles. The molecule has 0 aromatic heterocycles. The van der Waals surface area contributed by atoms with Gasteiger partial charge in [0.2, 0.25) is 5.91 Å². The predicted octanol–water partition coefficient (Wildman–Crippen LogP) is 4.46. The zero-order valence-corrected chi connectivity index (χ0v) is 16.6. The fourth-order valence-corrected chi connectivity index (χ4v) is 4.52. The molecule has 4 nitrogen and oxygen atoms in total. The molecule has 4 rings (SSSR count). The molecule has 2 unspecified atom stereocenters. The second kappa shape index (κ2) is 7.31. The molecule has 5 heteroatoms. The van der Waals surface area contributed by atoms with Gasteiger partial charge in [-0.15, -0.1) is 0 Å². The summed E-state index contributed by atoms with van der Waals surface area (Å²) in [5, 5.41) is 2.97. The van der Waals surface area contributed by atoms with Crippen molar-refractivity contribution in [2.45, 2.75) is 31.1 Å². The first-order chi connectivity index (χ1) is 13.0. The van der Waals surface area contributed by atoms with Crippen LogP contribution in [0.5, 0.6) is 5.75 Å². The van der Waals surface area contributed by atoms with Crippen LogP contribution in [0.2, 0.25) is 0 Å². The summed E-state index contributed by atoms with van der Waals surface area (Å²) in [5.74, 6) is 0.740. The molecule has 2 atom stereocenters. The van der Waals surface area contributed by atoms with E-state index in [1.807, 2.05) is 48.5 Å². The Morgan fingerprint density at radius 3 is 2.56 bits per heavy atom. The summed E-state index contributed by atoms with van der Waals surface area (Å²) in [5.41, 5.74) is 3.61. The summed E-state index contributed by atoms with van der Waals surface area (Å²) in [6, 6.07) is 15.7. The molecule has 1 amide bonds. The molecule has 27 heavy (non-hydrogen) atoms. The molecule has 2 aromatic carbocycles. The number of amides is 1. The molecule has 0 bridgehead atoms. The molecule has 2 aliphatic rings. The normalized spacial score (nSPS) is 22.3. The fraction of sp³-hybridized carbons (Fsp3) is 0.273. The van der Waals surface area contributed by atoms with E-state index in [-0.39, 0.29) is 23.5 Å². The summed E-state index contributed by atoms with van der Waals surface area (Å²) in [6.45, 7) is 0. The Morgan fingerprint density at radius 2 is 1.78 bits per heavy atom. The fourth-order valence-electron chi connectivity index (χ4n) is 4.10. The number of ketones is 1. The van der Waals surface area contributed by atoms with Crippen LogP contribution in [-0.2, 0) is 9.59 Å². The number of benzene rings is 2. The van der Waals surface area contributed by atoms with Crippen molar-refractivity contribution in [3.63, 3.8) is 0 Å². The number of methoxy groups -OCH3 is 1. The molecule has 0 spiro atoms.